The molecule has 0 saturated carbocycles. The summed E-state index contributed by atoms with van der Waals surface area (Å²) in [7, 11) is 1.69. The number of hydrogen-bond donors (Lipinski definition) is 0. The van der Waals surface area contributed by atoms with Gasteiger partial charge in [0.1, 0.15) is 5.75 Å². The Balaban J connectivity index is 1.93. The van der Waals surface area contributed by atoms with Gasteiger partial charge in [-0.1, -0.05) is 12.1 Å². The zero-order valence-corrected chi connectivity index (χ0v) is 9.27. The first-order chi connectivity index (χ1) is 7.28. The van der Waals surface area contributed by atoms with Crippen molar-refractivity contribution >= 4 is 0 Å². The third kappa shape index (κ3) is 2.70. The normalized spacial score (nSPS) is 21.9. The molecule has 0 radical (unpaired) electrons. The number of methoxy groups -OCH3 is 1. The highest BCUT2D eigenvalue weighted by molar-refractivity contribution is 5.27. The van der Waals surface area contributed by atoms with Gasteiger partial charge in [0.05, 0.1) is 19.9 Å². The Morgan fingerprint density at radius 3 is 2.67 bits per heavy atom. The fourth-order valence-corrected chi connectivity index (χ4v) is 1.80. The van der Waals surface area contributed by atoms with Crippen LogP contribution in [0.5, 0.6) is 5.75 Å². The van der Waals surface area contributed by atoms with Gasteiger partial charge in [0, 0.05) is 13.1 Å². The third-order valence-electron chi connectivity index (χ3n) is 2.62. The summed E-state index contributed by atoms with van der Waals surface area (Å²) >= 11 is 0. The molecular weight excluding hydrogens is 190 g/mol. The number of ether oxygens (including phenoxy) is 2. The summed E-state index contributed by atoms with van der Waals surface area (Å²) in [4.78, 5) is 2.30. The quantitative estimate of drug-likeness (QED) is 0.755. The van der Waals surface area contributed by atoms with E-state index in [-0.39, 0.29) is 0 Å². The van der Waals surface area contributed by atoms with Crippen LogP contribution in [0.1, 0.15) is 12.5 Å². The molecule has 0 amide bonds. The lowest BCUT2D eigenvalue weighted by Gasteiger charge is -2.13. The maximum atomic E-state index is 5.48. The zero-order valence-electron chi connectivity index (χ0n) is 9.27. The molecule has 1 atom stereocenters. The molecule has 3 nitrogen and oxygen atoms in total. The van der Waals surface area contributed by atoms with E-state index in [0.29, 0.717) is 6.10 Å². The summed E-state index contributed by atoms with van der Waals surface area (Å²) in [6.45, 7) is 4.82. The maximum absolute atomic E-state index is 5.48. The van der Waals surface area contributed by atoms with E-state index in [1.807, 2.05) is 12.1 Å². The van der Waals surface area contributed by atoms with Gasteiger partial charge in [-0.15, -0.1) is 0 Å². The molecule has 1 saturated heterocycles. The highest BCUT2D eigenvalue weighted by atomic mass is 16.5. The SMILES string of the molecule is COc1ccc(CN2COC(C)C2)cc1. The van der Waals surface area contributed by atoms with E-state index in [1.54, 1.807) is 7.11 Å². The Morgan fingerprint density at radius 2 is 2.13 bits per heavy atom. The van der Waals surface area contributed by atoms with Crippen molar-refractivity contribution in [2.75, 3.05) is 20.4 Å². The molecule has 15 heavy (non-hydrogen) atoms. The second-order valence-corrected chi connectivity index (χ2v) is 3.97. The Kier molecular flexibility index (Phi) is 3.23. The summed E-state index contributed by atoms with van der Waals surface area (Å²) in [6, 6.07) is 8.19. The summed E-state index contributed by atoms with van der Waals surface area (Å²) in [5.74, 6) is 0.907. The highest BCUT2D eigenvalue weighted by Crippen LogP contribution is 2.15. The van der Waals surface area contributed by atoms with Gasteiger partial charge < -0.3 is 9.47 Å². The average molecular weight is 207 g/mol. The standard InChI is InChI=1S/C12H17NO2/c1-10-7-13(9-15-10)8-11-3-5-12(14-2)6-4-11/h3-6,10H,7-9H2,1-2H3. The molecule has 2 rings (SSSR count). The van der Waals surface area contributed by atoms with Gasteiger partial charge in [-0.05, 0) is 24.6 Å². The molecule has 0 aliphatic carbocycles. The molecule has 0 aromatic heterocycles. The van der Waals surface area contributed by atoms with E-state index in [2.05, 4.69) is 24.0 Å². The van der Waals surface area contributed by atoms with Crippen LogP contribution in [0.2, 0.25) is 0 Å². The summed E-state index contributed by atoms with van der Waals surface area (Å²) < 4.78 is 10.6. The first-order valence-electron chi connectivity index (χ1n) is 5.25. The van der Waals surface area contributed by atoms with Crippen molar-refractivity contribution in [3.8, 4) is 5.75 Å². The Labute approximate surface area is 90.6 Å². The van der Waals surface area contributed by atoms with Crippen LogP contribution >= 0.6 is 0 Å². The van der Waals surface area contributed by atoms with Crippen LogP contribution in [0.25, 0.3) is 0 Å². The number of hydrogen-bond acceptors (Lipinski definition) is 3. The number of benzene rings is 1. The van der Waals surface area contributed by atoms with Gasteiger partial charge in [0.15, 0.2) is 0 Å². The monoisotopic (exact) mass is 207 g/mol. The van der Waals surface area contributed by atoms with Crippen molar-refractivity contribution in [1.29, 1.82) is 0 Å². The maximum Gasteiger partial charge on any atom is 0.118 e. The van der Waals surface area contributed by atoms with Crippen molar-refractivity contribution < 1.29 is 9.47 Å². The van der Waals surface area contributed by atoms with Crippen LogP contribution in [0.15, 0.2) is 24.3 Å². The van der Waals surface area contributed by atoms with Crippen LogP contribution in [0.3, 0.4) is 0 Å². The van der Waals surface area contributed by atoms with E-state index in [1.165, 1.54) is 5.56 Å². The Hall–Kier alpha value is -1.06. The lowest BCUT2D eigenvalue weighted by atomic mass is 10.2. The molecule has 0 bridgehead atoms. The predicted octanol–water partition coefficient (Wildman–Crippen LogP) is 1.87. The van der Waals surface area contributed by atoms with Crippen molar-refractivity contribution in [3.63, 3.8) is 0 Å². The predicted molar refractivity (Wildman–Crippen MR) is 58.8 cm³/mol. The van der Waals surface area contributed by atoms with Gasteiger partial charge >= 0.3 is 0 Å². The van der Waals surface area contributed by atoms with Crippen molar-refractivity contribution in [2.24, 2.45) is 0 Å². The van der Waals surface area contributed by atoms with Crippen LogP contribution in [0.4, 0.5) is 0 Å². The minimum absolute atomic E-state index is 0.364. The van der Waals surface area contributed by atoms with Crippen LogP contribution in [0, 0.1) is 0 Å². The van der Waals surface area contributed by atoms with E-state index < -0.39 is 0 Å². The number of nitrogens with zero attached hydrogens (tertiary/aromatic N) is 1. The molecule has 82 valence electrons. The van der Waals surface area contributed by atoms with E-state index in [0.717, 1.165) is 25.6 Å². The second-order valence-electron chi connectivity index (χ2n) is 3.97. The Morgan fingerprint density at radius 1 is 1.40 bits per heavy atom. The lowest BCUT2D eigenvalue weighted by molar-refractivity contribution is 0.0971. The molecule has 1 aromatic rings. The minimum atomic E-state index is 0.364. The molecule has 0 N–H and O–H groups in total. The molecule has 1 aromatic carbocycles. The summed E-state index contributed by atoms with van der Waals surface area (Å²) in [5, 5.41) is 0. The number of rotatable bonds is 3. The van der Waals surface area contributed by atoms with Gasteiger partial charge in [-0.2, -0.15) is 0 Å². The minimum Gasteiger partial charge on any atom is -0.497 e. The largest absolute Gasteiger partial charge is 0.497 e. The lowest BCUT2D eigenvalue weighted by Crippen LogP contribution is -2.20. The van der Waals surface area contributed by atoms with Gasteiger partial charge in [0.2, 0.25) is 0 Å². The van der Waals surface area contributed by atoms with E-state index in [4.69, 9.17) is 9.47 Å². The molecule has 1 heterocycles. The van der Waals surface area contributed by atoms with E-state index >= 15 is 0 Å². The zero-order chi connectivity index (χ0) is 10.7. The van der Waals surface area contributed by atoms with Crippen LogP contribution < -0.4 is 4.74 Å². The van der Waals surface area contributed by atoms with E-state index in [9.17, 15) is 0 Å². The van der Waals surface area contributed by atoms with Crippen molar-refractivity contribution in [1.82, 2.24) is 4.90 Å². The molecule has 3 heteroatoms. The smallest absolute Gasteiger partial charge is 0.118 e. The fourth-order valence-electron chi connectivity index (χ4n) is 1.80. The summed E-state index contributed by atoms with van der Waals surface area (Å²) in [6.07, 6.45) is 0.364. The molecule has 1 unspecified atom stereocenters. The van der Waals surface area contributed by atoms with Gasteiger partial charge in [-0.25, -0.2) is 0 Å². The topological polar surface area (TPSA) is 21.7 Å². The van der Waals surface area contributed by atoms with Crippen LogP contribution in [-0.2, 0) is 11.3 Å². The molecule has 1 aliphatic heterocycles. The molecule has 1 fully saturated rings. The van der Waals surface area contributed by atoms with Crippen LogP contribution in [-0.4, -0.2) is 31.4 Å². The fraction of sp³-hybridized carbons (Fsp3) is 0.500. The highest BCUT2D eigenvalue weighted by Gasteiger charge is 2.18. The van der Waals surface area contributed by atoms with Crippen molar-refractivity contribution in [2.45, 2.75) is 19.6 Å². The molecular formula is C12H17NO2. The van der Waals surface area contributed by atoms with Crippen molar-refractivity contribution in [3.05, 3.63) is 29.8 Å². The van der Waals surface area contributed by atoms with Gasteiger partial charge in [-0.3, -0.25) is 4.90 Å². The third-order valence-corrected chi connectivity index (χ3v) is 2.62. The van der Waals surface area contributed by atoms with Gasteiger partial charge in [0.25, 0.3) is 0 Å². The second kappa shape index (κ2) is 4.64. The Bertz CT molecular complexity index is 310. The first kappa shape index (κ1) is 10.5. The average Bonchev–Trinajstić information content (AvgIpc) is 2.65. The summed E-state index contributed by atoms with van der Waals surface area (Å²) in [5.41, 5.74) is 1.30. The molecule has 1 aliphatic rings. The molecule has 0 spiro atoms. The first-order valence-corrected chi connectivity index (χ1v) is 5.25.